The highest BCUT2D eigenvalue weighted by Gasteiger charge is 2.12. The number of hydrogen-bond acceptors (Lipinski definition) is 5. The average molecular weight is 253 g/mol. The molecule has 0 saturated carbocycles. The Kier molecular flexibility index (Phi) is 5.76. The van der Waals surface area contributed by atoms with Crippen molar-refractivity contribution in [1.29, 1.82) is 0 Å². The summed E-state index contributed by atoms with van der Waals surface area (Å²) in [5, 5.41) is 12.4. The minimum Gasteiger partial charge on any atom is -0.486 e. The van der Waals surface area contributed by atoms with Gasteiger partial charge in [0.1, 0.15) is 12.4 Å². The Hall–Kier alpha value is -1.98. The molecule has 7 heteroatoms. The fourth-order valence-corrected chi connectivity index (χ4v) is 1.34. The van der Waals surface area contributed by atoms with Gasteiger partial charge in [-0.05, 0) is 12.0 Å². The molecule has 0 aliphatic carbocycles. The number of unbranched alkanes of at least 4 members (excludes halogenated alkanes) is 1. The highest BCUT2D eigenvalue weighted by molar-refractivity contribution is 5.26. The molecule has 0 aliphatic rings. The van der Waals surface area contributed by atoms with E-state index in [0.29, 0.717) is 6.61 Å². The molecule has 0 aromatic carbocycles. The summed E-state index contributed by atoms with van der Waals surface area (Å²) in [5.74, 6) is 0.280. The van der Waals surface area contributed by atoms with E-state index in [4.69, 9.17) is 19.8 Å². The summed E-state index contributed by atoms with van der Waals surface area (Å²) in [7, 11) is 0. The van der Waals surface area contributed by atoms with Gasteiger partial charge in [0.2, 0.25) is 11.2 Å². The van der Waals surface area contributed by atoms with E-state index in [-0.39, 0.29) is 29.2 Å². The number of azide groups is 1. The lowest BCUT2D eigenvalue weighted by Crippen LogP contribution is -2.12. The van der Waals surface area contributed by atoms with Gasteiger partial charge in [-0.3, -0.25) is 4.79 Å². The van der Waals surface area contributed by atoms with Gasteiger partial charge in [0.15, 0.2) is 5.76 Å². The lowest BCUT2D eigenvalue weighted by molar-refractivity contribution is 0.215. The molecule has 0 spiro atoms. The van der Waals surface area contributed by atoms with Crippen molar-refractivity contribution in [3.8, 4) is 5.75 Å². The maximum Gasteiger partial charge on any atom is 0.227 e. The Morgan fingerprint density at radius 2 is 2.39 bits per heavy atom. The summed E-state index contributed by atoms with van der Waals surface area (Å²) >= 11 is 0. The molecule has 0 bridgehead atoms. The van der Waals surface area contributed by atoms with Crippen molar-refractivity contribution < 1.29 is 14.3 Å². The first-order valence-corrected chi connectivity index (χ1v) is 5.63. The highest BCUT2D eigenvalue weighted by atomic mass is 16.5. The van der Waals surface area contributed by atoms with Crippen molar-refractivity contribution in [3.63, 3.8) is 0 Å². The SMILES string of the molecule is CCCCOc1c(CO)oc(CN=[N+]=[N-])cc1=O. The molecule has 1 N–H and O–H groups in total. The van der Waals surface area contributed by atoms with Gasteiger partial charge in [0.05, 0.1) is 13.2 Å². The minimum absolute atomic E-state index is 0.0237. The van der Waals surface area contributed by atoms with Crippen molar-refractivity contribution in [2.45, 2.75) is 32.9 Å². The molecule has 0 unspecified atom stereocenters. The van der Waals surface area contributed by atoms with E-state index in [1.165, 1.54) is 6.07 Å². The molecule has 1 heterocycles. The van der Waals surface area contributed by atoms with Crippen molar-refractivity contribution in [2.75, 3.05) is 6.61 Å². The maximum atomic E-state index is 11.7. The highest BCUT2D eigenvalue weighted by Crippen LogP contribution is 2.16. The summed E-state index contributed by atoms with van der Waals surface area (Å²) in [6.45, 7) is 1.88. The first-order valence-electron chi connectivity index (χ1n) is 5.63. The van der Waals surface area contributed by atoms with E-state index in [0.717, 1.165) is 12.8 Å². The predicted octanol–water partition coefficient (Wildman–Crippen LogP) is 2.12. The summed E-state index contributed by atoms with van der Waals surface area (Å²) < 4.78 is 10.5. The van der Waals surface area contributed by atoms with Gasteiger partial charge in [-0.25, -0.2) is 0 Å². The van der Waals surface area contributed by atoms with Gasteiger partial charge in [-0.15, -0.1) is 0 Å². The van der Waals surface area contributed by atoms with Gasteiger partial charge in [0.25, 0.3) is 0 Å². The molecule has 0 aliphatic heterocycles. The van der Waals surface area contributed by atoms with Crippen molar-refractivity contribution >= 4 is 0 Å². The number of ether oxygens (including phenoxy) is 1. The molecule has 0 amide bonds. The molecular weight excluding hydrogens is 238 g/mol. The number of aliphatic hydroxyl groups excluding tert-OH is 1. The van der Waals surface area contributed by atoms with Crippen LogP contribution in [0.4, 0.5) is 0 Å². The zero-order valence-corrected chi connectivity index (χ0v) is 10.1. The van der Waals surface area contributed by atoms with Crippen molar-refractivity contribution in [3.05, 3.63) is 38.3 Å². The number of rotatable bonds is 7. The molecule has 1 rings (SSSR count). The van der Waals surface area contributed by atoms with Gasteiger partial charge in [-0.1, -0.05) is 18.5 Å². The smallest absolute Gasteiger partial charge is 0.227 e. The van der Waals surface area contributed by atoms with Crippen molar-refractivity contribution in [2.24, 2.45) is 5.11 Å². The standard InChI is InChI=1S/C11H15N3O4/c1-2-3-4-17-11-9(16)5-8(6-13-14-12)18-10(11)7-15/h5,15H,2-4,6-7H2,1H3. The van der Waals surface area contributed by atoms with Crippen LogP contribution in [-0.4, -0.2) is 11.7 Å². The fourth-order valence-electron chi connectivity index (χ4n) is 1.34. The Balaban J connectivity index is 2.96. The van der Waals surface area contributed by atoms with E-state index in [1.807, 2.05) is 6.92 Å². The van der Waals surface area contributed by atoms with Crippen LogP contribution in [0.15, 0.2) is 20.4 Å². The molecular formula is C11H15N3O4. The van der Waals surface area contributed by atoms with E-state index < -0.39 is 6.61 Å². The van der Waals surface area contributed by atoms with Gasteiger partial charge >= 0.3 is 0 Å². The monoisotopic (exact) mass is 253 g/mol. The van der Waals surface area contributed by atoms with E-state index in [2.05, 4.69) is 10.0 Å². The molecule has 0 atom stereocenters. The third-order valence-corrected chi connectivity index (χ3v) is 2.20. The average Bonchev–Trinajstić information content (AvgIpc) is 2.38. The van der Waals surface area contributed by atoms with Crippen LogP contribution < -0.4 is 10.2 Å². The summed E-state index contributed by atoms with van der Waals surface area (Å²) in [6.07, 6.45) is 1.75. The second kappa shape index (κ2) is 7.37. The predicted molar refractivity (Wildman–Crippen MR) is 64.2 cm³/mol. The van der Waals surface area contributed by atoms with E-state index in [1.54, 1.807) is 0 Å². The Morgan fingerprint density at radius 3 is 3.00 bits per heavy atom. The van der Waals surface area contributed by atoms with Crippen LogP contribution in [0.3, 0.4) is 0 Å². The molecule has 0 fully saturated rings. The van der Waals surface area contributed by atoms with E-state index in [9.17, 15) is 4.79 Å². The van der Waals surface area contributed by atoms with Gasteiger partial charge in [-0.2, -0.15) is 0 Å². The maximum absolute atomic E-state index is 11.7. The zero-order chi connectivity index (χ0) is 13.4. The lowest BCUT2D eigenvalue weighted by Gasteiger charge is -2.08. The van der Waals surface area contributed by atoms with Crippen LogP contribution in [0, 0.1) is 0 Å². The summed E-state index contributed by atoms with van der Waals surface area (Å²) in [6, 6.07) is 1.20. The molecule has 18 heavy (non-hydrogen) atoms. The second-order valence-electron chi connectivity index (χ2n) is 3.58. The summed E-state index contributed by atoms with van der Waals surface area (Å²) in [4.78, 5) is 14.3. The number of nitrogens with zero attached hydrogens (tertiary/aromatic N) is 3. The Labute approximate surface area is 104 Å². The Bertz CT molecular complexity index is 492. The molecule has 0 saturated heterocycles. The van der Waals surface area contributed by atoms with E-state index >= 15 is 0 Å². The lowest BCUT2D eigenvalue weighted by atomic mass is 10.3. The second-order valence-corrected chi connectivity index (χ2v) is 3.58. The number of aliphatic hydroxyl groups is 1. The quantitative estimate of drug-likeness (QED) is 0.347. The van der Waals surface area contributed by atoms with Gasteiger partial charge < -0.3 is 14.3 Å². The molecule has 0 radical (unpaired) electrons. The van der Waals surface area contributed by atoms with Crippen LogP contribution in [0.2, 0.25) is 0 Å². The normalized spacial score (nSPS) is 9.89. The topological polar surface area (TPSA) is 108 Å². The summed E-state index contributed by atoms with van der Waals surface area (Å²) in [5.41, 5.74) is 7.80. The first kappa shape index (κ1) is 14.1. The fraction of sp³-hybridized carbons (Fsp3) is 0.545. The largest absolute Gasteiger partial charge is 0.486 e. The van der Waals surface area contributed by atoms with Crippen molar-refractivity contribution in [1.82, 2.24) is 0 Å². The molecule has 7 nitrogen and oxygen atoms in total. The molecule has 98 valence electrons. The van der Waals surface area contributed by atoms with Crippen LogP contribution in [0.1, 0.15) is 31.3 Å². The van der Waals surface area contributed by atoms with Crippen LogP contribution in [-0.2, 0) is 13.2 Å². The third kappa shape index (κ3) is 3.80. The zero-order valence-electron chi connectivity index (χ0n) is 10.1. The third-order valence-electron chi connectivity index (χ3n) is 2.20. The van der Waals surface area contributed by atoms with Crippen LogP contribution in [0.5, 0.6) is 5.75 Å². The minimum atomic E-state index is -0.444. The van der Waals surface area contributed by atoms with Crippen LogP contribution >= 0.6 is 0 Å². The Morgan fingerprint density at radius 1 is 1.61 bits per heavy atom. The number of hydrogen-bond donors (Lipinski definition) is 1. The molecule has 1 aromatic rings. The van der Waals surface area contributed by atoms with Crippen LogP contribution in [0.25, 0.3) is 10.4 Å². The van der Waals surface area contributed by atoms with Gasteiger partial charge in [0, 0.05) is 11.0 Å². The first-order chi connectivity index (χ1) is 8.72. The molecule has 1 aromatic heterocycles.